The van der Waals surface area contributed by atoms with Gasteiger partial charge in [-0.1, -0.05) is 18.1 Å². The number of amides is 2. The molecule has 0 radical (unpaired) electrons. The molecule has 2 aromatic rings. The number of fused-ring (bicyclic) bond motifs is 3. The number of carbonyl (C=O) groups excluding carboxylic acids is 1. The Morgan fingerprint density at radius 1 is 1.10 bits per heavy atom. The Hall–Kier alpha value is -2.81. The van der Waals surface area contributed by atoms with E-state index in [1.165, 1.54) is 17.2 Å². The van der Waals surface area contributed by atoms with E-state index in [0.717, 1.165) is 55.3 Å². The van der Waals surface area contributed by atoms with Crippen molar-refractivity contribution in [1.29, 1.82) is 0 Å². The van der Waals surface area contributed by atoms with Gasteiger partial charge in [0.25, 0.3) is 10.0 Å². The number of hydrogen-bond acceptors (Lipinski definition) is 6. The topological polar surface area (TPSA) is 121 Å². The van der Waals surface area contributed by atoms with Crippen LogP contribution in [0.15, 0.2) is 26.8 Å². The van der Waals surface area contributed by atoms with Crippen LogP contribution in [-0.2, 0) is 42.1 Å². The predicted octanol–water partition coefficient (Wildman–Crippen LogP) is 3.53. The second-order valence-corrected chi connectivity index (χ2v) is 10.4. The Kier molecular flexibility index (Phi) is 4.80. The minimum Gasteiger partial charge on any atom is -0.447 e. The van der Waals surface area contributed by atoms with Crippen molar-refractivity contribution >= 4 is 27.5 Å². The molecule has 3 aliphatic carbocycles. The summed E-state index contributed by atoms with van der Waals surface area (Å²) < 4.78 is 33.3. The first-order valence-corrected chi connectivity index (χ1v) is 12.2. The van der Waals surface area contributed by atoms with E-state index < -0.39 is 16.1 Å². The van der Waals surface area contributed by atoms with Gasteiger partial charge >= 0.3 is 6.03 Å². The fourth-order valence-electron chi connectivity index (χ4n) is 5.13. The molecule has 3 N–H and O–H groups in total. The molecule has 9 heteroatoms. The van der Waals surface area contributed by atoms with E-state index in [0.29, 0.717) is 29.9 Å². The summed E-state index contributed by atoms with van der Waals surface area (Å²) in [7, 11) is -4.22. The number of rotatable bonds is 3. The van der Waals surface area contributed by atoms with Crippen LogP contribution >= 0.6 is 0 Å². The third kappa shape index (κ3) is 3.50. The number of sulfonamides is 1. The van der Waals surface area contributed by atoms with E-state index >= 15 is 0 Å². The molecule has 164 valence electrons. The van der Waals surface area contributed by atoms with Gasteiger partial charge in [-0.2, -0.15) is 8.42 Å². The summed E-state index contributed by atoms with van der Waals surface area (Å²) >= 11 is 0. The van der Waals surface area contributed by atoms with Crippen molar-refractivity contribution in [3.8, 4) is 0 Å². The van der Waals surface area contributed by atoms with Crippen molar-refractivity contribution in [3.63, 3.8) is 0 Å². The number of oxime groups is 1. The highest BCUT2D eigenvalue weighted by Gasteiger charge is 2.31. The first-order valence-electron chi connectivity index (χ1n) is 10.7. The number of urea groups is 1. The third-order valence-electron chi connectivity index (χ3n) is 6.50. The molecule has 0 fully saturated rings. The number of hydrogen-bond donors (Lipinski definition) is 3. The Morgan fingerprint density at radius 2 is 1.77 bits per heavy atom. The van der Waals surface area contributed by atoms with Gasteiger partial charge in [-0.3, -0.25) is 0 Å². The fraction of sp³-hybridized carbons (Fsp3) is 0.455. The lowest BCUT2D eigenvalue weighted by Gasteiger charge is -2.17. The molecule has 0 saturated carbocycles. The monoisotopic (exact) mass is 443 g/mol. The van der Waals surface area contributed by atoms with Crippen molar-refractivity contribution in [2.75, 3.05) is 5.32 Å². The summed E-state index contributed by atoms with van der Waals surface area (Å²) in [4.78, 5) is 12.7. The molecule has 1 aromatic heterocycles. The minimum atomic E-state index is -4.22. The summed E-state index contributed by atoms with van der Waals surface area (Å²) in [6.45, 7) is 1.97. The van der Waals surface area contributed by atoms with E-state index in [1.807, 2.05) is 6.92 Å². The number of anilines is 1. The maximum atomic E-state index is 12.8. The number of aryl methyl sites for hydroxylation is 2. The molecule has 8 nitrogen and oxygen atoms in total. The molecule has 0 saturated heterocycles. The Labute approximate surface area is 180 Å². The molecular weight excluding hydrogens is 418 g/mol. The lowest BCUT2D eigenvalue weighted by Crippen LogP contribution is -2.34. The zero-order chi connectivity index (χ0) is 21.8. The van der Waals surface area contributed by atoms with Crippen molar-refractivity contribution in [1.82, 2.24) is 4.72 Å². The second-order valence-electron chi connectivity index (χ2n) is 8.76. The largest absolute Gasteiger partial charge is 0.447 e. The summed E-state index contributed by atoms with van der Waals surface area (Å²) in [5.41, 5.74) is 6.39. The van der Waals surface area contributed by atoms with Gasteiger partial charge in [-0.15, -0.1) is 0 Å². The molecular formula is C22H25N3O5S. The van der Waals surface area contributed by atoms with Gasteiger partial charge < -0.3 is 14.9 Å². The van der Waals surface area contributed by atoms with E-state index in [2.05, 4.69) is 21.3 Å². The molecule has 1 atom stereocenters. The number of nitrogens with zero attached hydrogens (tertiary/aromatic N) is 1. The number of carbonyl (C=O) groups is 1. The predicted molar refractivity (Wildman–Crippen MR) is 114 cm³/mol. The summed E-state index contributed by atoms with van der Waals surface area (Å²) in [5, 5.41) is 15.0. The van der Waals surface area contributed by atoms with Gasteiger partial charge in [0, 0.05) is 23.7 Å². The smallest absolute Gasteiger partial charge is 0.333 e. The maximum absolute atomic E-state index is 12.8. The van der Waals surface area contributed by atoms with Gasteiger partial charge in [-0.05, 0) is 73.1 Å². The second kappa shape index (κ2) is 7.40. The number of furan rings is 1. The van der Waals surface area contributed by atoms with Crippen LogP contribution in [0, 0.1) is 5.92 Å². The first kappa shape index (κ1) is 20.1. The van der Waals surface area contributed by atoms with Crippen molar-refractivity contribution in [3.05, 3.63) is 45.7 Å². The van der Waals surface area contributed by atoms with Gasteiger partial charge in [0.15, 0.2) is 0 Å². The molecule has 1 aromatic carbocycles. The van der Waals surface area contributed by atoms with E-state index in [4.69, 9.17) is 4.42 Å². The SMILES string of the molecule is CC1CC(=NO)c2cc(S(=O)(=O)NC(=O)Nc3c4c(cc5c3CCC5)CCC4)oc2C1. The summed E-state index contributed by atoms with van der Waals surface area (Å²) in [6, 6.07) is 2.77. The molecule has 5 rings (SSSR count). The van der Waals surface area contributed by atoms with Crippen LogP contribution in [0.25, 0.3) is 0 Å². The van der Waals surface area contributed by atoms with Crippen LogP contribution in [0.5, 0.6) is 0 Å². The van der Waals surface area contributed by atoms with Gasteiger partial charge in [0.2, 0.25) is 5.09 Å². The highest BCUT2D eigenvalue weighted by Crippen LogP contribution is 2.38. The average Bonchev–Trinajstić information content (AvgIpc) is 3.45. The highest BCUT2D eigenvalue weighted by molar-refractivity contribution is 7.89. The lowest BCUT2D eigenvalue weighted by atomic mass is 9.88. The quantitative estimate of drug-likeness (QED) is 0.495. The van der Waals surface area contributed by atoms with Crippen LogP contribution in [0.1, 0.15) is 59.8 Å². The van der Waals surface area contributed by atoms with Gasteiger partial charge in [0.1, 0.15) is 5.76 Å². The minimum absolute atomic E-state index is 0.165. The lowest BCUT2D eigenvalue weighted by molar-refractivity contribution is 0.256. The Balaban J connectivity index is 1.40. The van der Waals surface area contributed by atoms with Crippen molar-refractivity contribution < 1.29 is 22.8 Å². The third-order valence-corrected chi connectivity index (χ3v) is 7.68. The van der Waals surface area contributed by atoms with Crippen LogP contribution in [0.2, 0.25) is 0 Å². The van der Waals surface area contributed by atoms with Crippen LogP contribution < -0.4 is 10.0 Å². The molecule has 31 heavy (non-hydrogen) atoms. The number of nitrogens with one attached hydrogen (secondary N) is 2. The van der Waals surface area contributed by atoms with E-state index in [1.54, 1.807) is 0 Å². The van der Waals surface area contributed by atoms with Crippen LogP contribution in [0.3, 0.4) is 0 Å². The van der Waals surface area contributed by atoms with Crippen LogP contribution in [0.4, 0.5) is 10.5 Å². The summed E-state index contributed by atoms with van der Waals surface area (Å²) in [5.74, 6) is 0.615. The zero-order valence-electron chi connectivity index (χ0n) is 17.3. The molecule has 0 spiro atoms. The molecule has 3 aliphatic rings. The average molecular weight is 444 g/mol. The molecule has 0 bridgehead atoms. The van der Waals surface area contributed by atoms with E-state index in [-0.39, 0.29) is 11.0 Å². The highest BCUT2D eigenvalue weighted by atomic mass is 32.2. The molecule has 2 amide bonds. The van der Waals surface area contributed by atoms with Crippen molar-refractivity contribution in [2.24, 2.45) is 11.1 Å². The van der Waals surface area contributed by atoms with Crippen molar-refractivity contribution in [2.45, 2.75) is 63.4 Å². The molecule has 1 unspecified atom stereocenters. The maximum Gasteiger partial charge on any atom is 0.333 e. The Bertz CT molecular complexity index is 1180. The molecule has 0 aliphatic heterocycles. The van der Waals surface area contributed by atoms with Gasteiger partial charge in [-0.25, -0.2) is 9.52 Å². The normalized spacial score (nSPS) is 20.9. The zero-order valence-corrected chi connectivity index (χ0v) is 18.1. The van der Waals surface area contributed by atoms with Crippen LogP contribution in [-0.4, -0.2) is 25.4 Å². The first-order chi connectivity index (χ1) is 14.9. The Morgan fingerprint density at radius 3 is 2.42 bits per heavy atom. The standard InChI is InChI=1S/C22H25N3O5S/c1-12-8-18(24-27)17-11-20(30-19(17)9-12)31(28,29)25-22(26)23-21-15-6-2-4-13(15)10-14-5-3-7-16(14)21/h10-12,27H,2-9H2,1H3,(H2,23,25,26). The molecule has 1 heterocycles. The number of benzene rings is 1. The van der Waals surface area contributed by atoms with E-state index in [9.17, 15) is 18.4 Å². The van der Waals surface area contributed by atoms with Gasteiger partial charge in [0.05, 0.1) is 5.71 Å². The summed E-state index contributed by atoms with van der Waals surface area (Å²) in [6.07, 6.45) is 6.90. The fourth-order valence-corrected chi connectivity index (χ4v) is 6.01.